The van der Waals surface area contributed by atoms with Crippen LogP contribution in [-0.2, 0) is 9.59 Å². The number of allylic oxidation sites excluding steroid dienone is 1. The summed E-state index contributed by atoms with van der Waals surface area (Å²) in [7, 11) is 0. The first-order valence-corrected chi connectivity index (χ1v) is 6.79. The Hall–Kier alpha value is -3.37. The molecule has 0 aromatic heterocycles. The number of carbonyl (C=O) groups is 2. The van der Waals surface area contributed by atoms with E-state index in [1.165, 1.54) is 24.3 Å². The van der Waals surface area contributed by atoms with Crippen LogP contribution in [0.2, 0.25) is 0 Å². The first kappa shape index (κ1) is 14.6. The number of aromatic hydroxyl groups is 1. The lowest BCUT2D eigenvalue weighted by atomic mass is 10.1. The number of hydrogen-bond donors (Lipinski definition) is 2. The van der Waals surface area contributed by atoms with Gasteiger partial charge in [0.15, 0.2) is 5.76 Å². The Bertz CT molecular complexity index is 884. The van der Waals surface area contributed by atoms with E-state index in [4.69, 9.17) is 0 Å². The first-order valence-electron chi connectivity index (χ1n) is 6.79. The molecule has 2 aliphatic rings. The molecule has 0 radical (unpaired) electrons. The fourth-order valence-corrected chi connectivity index (χ4v) is 2.25. The smallest absolute Gasteiger partial charge is 0.285 e. The van der Waals surface area contributed by atoms with Crippen LogP contribution in [0.25, 0.3) is 6.08 Å². The number of hydrogen-bond acceptors (Lipinski definition) is 5. The van der Waals surface area contributed by atoms with Gasteiger partial charge in [-0.2, -0.15) is 10.1 Å². The molecule has 1 heterocycles. The van der Waals surface area contributed by atoms with E-state index in [-0.39, 0.29) is 22.7 Å². The Kier molecular flexibility index (Phi) is 3.44. The molecular weight excluding hydrogens is 296 g/mol. The lowest BCUT2D eigenvalue weighted by Gasteiger charge is -2.10. The molecule has 6 nitrogen and oxygen atoms in total. The molecule has 0 spiro atoms. The van der Waals surface area contributed by atoms with E-state index < -0.39 is 11.8 Å². The molecule has 1 aromatic carbocycles. The number of aliphatic hydroxyl groups excluding tert-OH is 1. The Morgan fingerprint density at radius 1 is 1.35 bits per heavy atom. The molecule has 1 aromatic rings. The van der Waals surface area contributed by atoms with Gasteiger partial charge in [-0.3, -0.25) is 9.59 Å². The monoisotopic (exact) mass is 308 g/mol. The number of hydrazone groups is 1. The summed E-state index contributed by atoms with van der Waals surface area (Å²) < 4.78 is 0. The van der Waals surface area contributed by atoms with Crippen LogP contribution in [0.1, 0.15) is 12.5 Å². The molecule has 2 amide bonds. The number of imide groups is 1. The van der Waals surface area contributed by atoms with Gasteiger partial charge in [-0.15, -0.1) is 0 Å². The Labute approximate surface area is 131 Å². The highest BCUT2D eigenvalue weighted by molar-refractivity contribution is 6.31. The normalized spacial score (nSPS) is 18.3. The van der Waals surface area contributed by atoms with Crippen LogP contribution in [0.15, 0.2) is 64.2 Å². The van der Waals surface area contributed by atoms with Gasteiger partial charge in [0, 0.05) is 0 Å². The van der Waals surface area contributed by atoms with Crippen LogP contribution in [0.5, 0.6) is 5.75 Å². The molecule has 2 N–H and O–H groups in total. The highest BCUT2D eigenvalue weighted by atomic mass is 16.3. The molecule has 3 rings (SSSR count). The lowest BCUT2D eigenvalue weighted by molar-refractivity contribution is -0.138. The number of amides is 2. The third-order valence-electron chi connectivity index (χ3n) is 3.39. The number of phenols is 1. The minimum Gasteiger partial charge on any atom is -0.508 e. The van der Waals surface area contributed by atoms with Gasteiger partial charge in [-0.25, -0.2) is 0 Å². The van der Waals surface area contributed by atoms with Crippen LogP contribution in [0, 0.1) is 0 Å². The second kappa shape index (κ2) is 5.44. The zero-order chi connectivity index (χ0) is 16.6. The van der Waals surface area contributed by atoms with Crippen molar-refractivity contribution in [3.05, 3.63) is 64.6 Å². The van der Waals surface area contributed by atoms with Gasteiger partial charge in [-0.05, 0) is 42.8 Å². The predicted molar refractivity (Wildman–Crippen MR) is 83.4 cm³/mol. The van der Waals surface area contributed by atoms with Crippen molar-refractivity contribution in [2.45, 2.75) is 6.92 Å². The Morgan fingerprint density at radius 2 is 2.13 bits per heavy atom. The van der Waals surface area contributed by atoms with Crippen molar-refractivity contribution < 1.29 is 19.8 Å². The summed E-state index contributed by atoms with van der Waals surface area (Å²) in [5.74, 6) is -1.55. The molecule has 0 unspecified atom stereocenters. The quantitative estimate of drug-likeness (QED) is 0.497. The fraction of sp³-hybridized carbons (Fsp3) is 0.0588. The van der Waals surface area contributed by atoms with Gasteiger partial charge in [-0.1, -0.05) is 17.9 Å². The zero-order valence-corrected chi connectivity index (χ0v) is 12.1. The van der Waals surface area contributed by atoms with Crippen LogP contribution in [0.4, 0.5) is 0 Å². The van der Waals surface area contributed by atoms with Gasteiger partial charge >= 0.3 is 0 Å². The molecule has 0 saturated heterocycles. The predicted octanol–water partition coefficient (Wildman–Crippen LogP) is 2.06. The van der Waals surface area contributed by atoms with E-state index in [0.29, 0.717) is 16.3 Å². The van der Waals surface area contributed by atoms with Crippen molar-refractivity contribution in [1.29, 1.82) is 0 Å². The van der Waals surface area contributed by atoms with E-state index in [1.54, 1.807) is 25.1 Å². The van der Waals surface area contributed by atoms with Crippen molar-refractivity contribution in [2.24, 2.45) is 5.10 Å². The molecule has 1 aliphatic carbocycles. The zero-order valence-electron chi connectivity index (χ0n) is 12.1. The minimum absolute atomic E-state index is 0.0338. The first-order chi connectivity index (χ1) is 11.0. The molecule has 114 valence electrons. The maximum atomic E-state index is 12.4. The minimum atomic E-state index is -0.715. The third kappa shape index (κ3) is 2.59. The molecule has 0 saturated carbocycles. The summed E-state index contributed by atoms with van der Waals surface area (Å²) in [6.07, 6.45) is 4.31. The van der Waals surface area contributed by atoms with Crippen molar-refractivity contribution in [1.82, 2.24) is 5.01 Å². The van der Waals surface area contributed by atoms with Crippen molar-refractivity contribution in [3.8, 4) is 5.75 Å². The largest absolute Gasteiger partial charge is 0.508 e. The average Bonchev–Trinajstić information content (AvgIpc) is 3.05. The van der Waals surface area contributed by atoms with Gasteiger partial charge in [0.05, 0.1) is 16.9 Å². The molecule has 0 bridgehead atoms. The number of aliphatic hydroxyl groups is 1. The standard InChI is InChI=1S/C17H12N2O4/c1-10-14(9-11-4-2-5-12(20)8-11)17(23)19(18-10)16(22)13-6-3-7-15(13)21/h2-6,8-9,20-21H,1H3/b14-9+. The van der Waals surface area contributed by atoms with Crippen molar-refractivity contribution in [3.63, 3.8) is 0 Å². The van der Waals surface area contributed by atoms with E-state index in [9.17, 15) is 19.8 Å². The molecule has 1 aliphatic heterocycles. The van der Waals surface area contributed by atoms with Gasteiger partial charge in [0.1, 0.15) is 5.75 Å². The topological polar surface area (TPSA) is 90.2 Å². The van der Waals surface area contributed by atoms with E-state index in [0.717, 1.165) is 0 Å². The van der Waals surface area contributed by atoms with E-state index in [2.05, 4.69) is 10.8 Å². The second-order valence-corrected chi connectivity index (χ2v) is 5.00. The molecule has 0 fully saturated rings. The molecule has 23 heavy (non-hydrogen) atoms. The SMILES string of the molecule is CC1=NN(C(=O)C2=CC=C=C2O)C(=O)/C1=C/c1cccc(O)c1. The summed E-state index contributed by atoms with van der Waals surface area (Å²) in [6, 6.07) is 6.38. The number of benzene rings is 1. The van der Waals surface area contributed by atoms with E-state index >= 15 is 0 Å². The van der Waals surface area contributed by atoms with Gasteiger partial charge < -0.3 is 10.2 Å². The summed E-state index contributed by atoms with van der Waals surface area (Å²) in [5, 5.41) is 23.7. The maximum absolute atomic E-state index is 12.4. The maximum Gasteiger partial charge on any atom is 0.285 e. The third-order valence-corrected chi connectivity index (χ3v) is 3.39. The highest BCUT2D eigenvalue weighted by Crippen LogP contribution is 2.23. The van der Waals surface area contributed by atoms with Crippen LogP contribution >= 0.6 is 0 Å². The number of rotatable bonds is 2. The summed E-state index contributed by atoms with van der Waals surface area (Å²) in [4.78, 5) is 24.7. The van der Waals surface area contributed by atoms with Gasteiger partial charge in [0.2, 0.25) is 0 Å². The van der Waals surface area contributed by atoms with Crippen LogP contribution in [-0.4, -0.2) is 32.7 Å². The van der Waals surface area contributed by atoms with Crippen LogP contribution < -0.4 is 0 Å². The van der Waals surface area contributed by atoms with Crippen LogP contribution in [0.3, 0.4) is 0 Å². The highest BCUT2D eigenvalue weighted by Gasteiger charge is 2.35. The second-order valence-electron chi connectivity index (χ2n) is 5.00. The number of phenolic OH excluding ortho intramolecular Hbond substituents is 1. The fourth-order valence-electron chi connectivity index (χ4n) is 2.25. The lowest BCUT2D eigenvalue weighted by Crippen LogP contribution is -2.30. The van der Waals surface area contributed by atoms with E-state index in [1.807, 2.05) is 0 Å². The molecular formula is C17H12N2O4. The molecule has 0 atom stereocenters. The van der Waals surface area contributed by atoms with Crippen molar-refractivity contribution in [2.75, 3.05) is 0 Å². The van der Waals surface area contributed by atoms with Gasteiger partial charge in [0.25, 0.3) is 11.8 Å². The molecule has 6 heteroatoms. The average molecular weight is 308 g/mol. The Morgan fingerprint density at radius 3 is 2.78 bits per heavy atom. The summed E-state index contributed by atoms with van der Waals surface area (Å²) in [6.45, 7) is 1.61. The number of carbonyl (C=O) groups excluding carboxylic acids is 2. The summed E-state index contributed by atoms with van der Waals surface area (Å²) in [5.41, 5.74) is 3.67. The van der Waals surface area contributed by atoms with Crippen molar-refractivity contribution >= 4 is 23.6 Å². The number of nitrogens with zero attached hydrogens (tertiary/aromatic N) is 2. The Balaban J connectivity index is 1.90. The summed E-state index contributed by atoms with van der Waals surface area (Å²) >= 11 is 0.